The fourth-order valence-electron chi connectivity index (χ4n) is 0.700. The highest BCUT2D eigenvalue weighted by Gasteiger charge is 2.09. The average Bonchev–Trinajstić information content (AvgIpc) is 2.12. The van der Waals surface area contributed by atoms with Crippen LogP contribution in [0.5, 0.6) is 0 Å². The van der Waals surface area contributed by atoms with Crippen LogP contribution in [0.15, 0.2) is 12.5 Å². The van der Waals surface area contributed by atoms with E-state index in [-0.39, 0.29) is 5.75 Å². The molecule has 4 nitrogen and oxygen atoms in total. The molecule has 0 spiro atoms. The third-order valence-corrected chi connectivity index (χ3v) is 2.20. The summed E-state index contributed by atoms with van der Waals surface area (Å²) in [6, 6.07) is 0. The molecule has 0 radical (unpaired) electrons. The molecule has 0 aliphatic rings. The van der Waals surface area contributed by atoms with Crippen LogP contribution in [0.25, 0.3) is 0 Å². The number of halogens is 1. The summed E-state index contributed by atoms with van der Waals surface area (Å²) in [5, 5.41) is 0. The number of rotatable bonds is 2. The molecule has 11 heavy (non-hydrogen) atoms. The predicted molar refractivity (Wildman–Crippen MR) is 41.7 cm³/mol. The highest BCUT2D eigenvalue weighted by molar-refractivity contribution is 8.13. The molecular formula is C5H7ClN2O2S. The van der Waals surface area contributed by atoms with Crippen molar-refractivity contribution in [2.75, 3.05) is 0 Å². The Bertz CT molecular complexity index is 343. The van der Waals surface area contributed by atoms with Gasteiger partial charge in [0.15, 0.2) is 0 Å². The third kappa shape index (κ3) is 2.51. The number of nitrogens with zero attached hydrogens (tertiary/aromatic N) is 2. The lowest BCUT2D eigenvalue weighted by Gasteiger charge is -1.96. The summed E-state index contributed by atoms with van der Waals surface area (Å²) in [6.07, 6.45) is 3.00. The molecule has 0 amide bonds. The van der Waals surface area contributed by atoms with Crippen LogP contribution in [0.1, 0.15) is 5.69 Å². The number of aryl methyl sites for hydroxylation is 1. The van der Waals surface area contributed by atoms with Crippen molar-refractivity contribution in [3.05, 3.63) is 18.2 Å². The summed E-state index contributed by atoms with van der Waals surface area (Å²) in [5.74, 6) is -0.176. The Labute approximate surface area is 69.2 Å². The smallest absolute Gasteiger partial charge is 0.238 e. The molecule has 0 aromatic carbocycles. The molecule has 1 heterocycles. The summed E-state index contributed by atoms with van der Waals surface area (Å²) in [5.41, 5.74) is 0.583. The van der Waals surface area contributed by atoms with E-state index in [1.54, 1.807) is 11.6 Å². The molecule has 1 aromatic heterocycles. The predicted octanol–water partition coefficient (Wildman–Crippen LogP) is 0.489. The normalized spacial score (nSPS) is 11.8. The van der Waals surface area contributed by atoms with E-state index in [1.807, 2.05) is 0 Å². The zero-order valence-electron chi connectivity index (χ0n) is 5.86. The van der Waals surface area contributed by atoms with Crippen molar-refractivity contribution in [2.45, 2.75) is 5.75 Å². The Morgan fingerprint density at radius 3 is 2.73 bits per heavy atom. The highest BCUT2D eigenvalue weighted by atomic mass is 35.7. The molecular weight excluding hydrogens is 188 g/mol. The topological polar surface area (TPSA) is 52.0 Å². The number of hydrogen-bond acceptors (Lipinski definition) is 3. The van der Waals surface area contributed by atoms with Gasteiger partial charge in [-0.05, 0) is 0 Å². The second-order valence-corrected chi connectivity index (χ2v) is 4.96. The van der Waals surface area contributed by atoms with Crippen LogP contribution in [0.2, 0.25) is 0 Å². The van der Waals surface area contributed by atoms with E-state index in [2.05, 4.69) is 4.98 Å². The fourth-order valence-corrected chi connectivity index (χ4v) is 1.67. The largest absolute Gasteiger partial charge is 0.337 e. The fraction of sp³-hybridized carbons (Fsp3) is 0.400. The first-order valence-corrected chi connectivity index (χ1v) is 5.34. The van der Waals surface area contributed by atoms with Crippen LogP contribution in [-0.4, -0.2) is 18.0 Å². The van der Waals surface area contributed by atoms with E-state index in [4.69, 9.17) is 10.7 Å². The van der Waals surface area contributed by atoms with Crippen molar-refractivity contribution < 1.29 is 8.42 Å². The molecule has 0 saturated carbocycles. The molecule has 0 atom stereocenters. The van der Waals surface area contributed by atoms with Gasteiger partial charge in [-0.2, -0.15) is 0 Å². The van der Waals surface area contributed by atoms with Gasteiger partial charge in [-0.15, -0.1) is 0 Å². The summed E-state index contributed by atoms with van der Waals surface area (Å²) in [7, 11) is 3.28. The number of hydrogen-bond donors (Lipinski definition) is 0. The molecule has 0 saturated heterocycles. The number of imidazole rings is 1. The van der Waals surface area contributed by atoms with E-state index in [0.29, 0.717) is 5.69 Å². The molecule has 0 unspecified atom stereocenters. The van der Waals surface area contributed by atoms with Crippen molar-refractivity contribution in [3.8, 4) is 0 Å². The second kappa shape index (κ2) is 2.83. The first kappa shape index (κ1) is 8.55. The van der Waals surface area contributed by atoms with Gasteiger partial charge in [0.1, 0.15) is 5.75 Å². The van der Waals surface area contributed by atoms with Gasteiger partial charge in [0, 0.05) is 23.9 Å². The molecule has 0 aliphatic carbocycles. The Hall–Kier alpha value is -0.550. The molecule has 62 valence electrons. The lowest BCUT2D eigenvalue weighted by Crippen LogP contribution is -2.00. The van der Waals surface area contributed by atoms with Crippen LogP contribution < -0.4 is 0 Å². The van der Waals surface area contributed by atoms with Crippen LogP contribution in [0, 0.1) is 0 Å². The first-order valence-electron chi connectivity index (χ1n) is 2.86. The van der Waals surface area contributed by atoms with Crippen molar-refractivity contribution >= 4 is 19.7 Å². The number of aromatic nitrogens is 2. The Balaban J connectivity index is 2.89. The second-order valence-electron chi connectivity index (χ2n) is 2.18. The summed E-state index contributed by atoms with van der Waals surface area (Å²) >= 11 is 0. The maximum absolute atomic E-state index is 10.6. The van der Waals surface area contributed by atoms with Gasteiger partial charge in [-0.1, -0.05) is 0 Å². The molecule has 0 fully saturated rings. The zero-order chi connectivity index (χ0) is 8.48. The van der Waals surface area contributed by atoms with Crippen molar-refractivity contribution in [3.63, 3.8) is 0 Å². The minimum absolute atomic E-state index is 0.176. The van der Waals surface area contributed by atoms with Gasteiger partial charge < -0.3 is 4.57 Å². The summed E-state index contributed by atoms with van der Waals surface area (Å²) in [6.45, 7) is 0. The molecule has 0 aliphatic heterocycles. The minimum Gasteiger partial charge on any atom is -0.337 e. The van der Waals surface area contributed by atoms with E-state index in [9.17, 15) is 8.42 Å². The van der Waals surface area contributed by atoms with Crippen LogP contribution >= 0.6 is 10.7 Å². The van der Waals surface area contributed by atoms with Gasteiger partial charge >= 0.3 is 0 Å². The maximum atomic E-state index is 10.6. The zero-order valence-corrected chi connectivity index (χ0v) is 7.43. The standard InChI is InChI=1S/C5H7ClN2O2S/c1-8-4-7-2-5(8)3-11(6,9)10/h2,4H,3H2,1H3. The van der Waals surface area contributed by atoms with Crippen molar-refractivity contribution in [1.29, 1.82) is 0 Å². The Morgan fingerprint density at radius 1 is 1.73 bits per heavy atom. The van der Waals surface area contributed by atoms with Gasteiger partial charge in [0.2, 0.25) is 9.05 Å². The lowest BCUT2D eigenvalue weighted by atomic mass is 10.5. The molecule has 1 aromatic rings. The maximum Gasteiger partial charge on any atom is 0.238 e. The van der Waals surface area contributed by atoms with Crippen LogP contribution in [-0.2, 0) is 21.9 Å². The van der Waals surface area contributed by atoms with Crippen LogP contribution in [0.4, 0.5) is 0 Å². The van der Waals surface area contributed by atoms with E-state index in [1.165, 1.54) is 12.5 Å². The quantitative estimate of drug-likeness (QED) is 0.644. The summed E-state index contributed by atoms with van der Waals surface area (Å²) in [4.78, 5) is 3.75. The first-order chi connectivity index (χ1) is 4.99. The van der Waals surface area contributed by atoms with E-state index < -0.39 is 9.05 Å². The molecule has 0 N–H and O–H groups in total. The van der Waals surface area contributed by atoms with Crippen molar-refractivity contribution in [2.24, 2.45) is 7.05 Å². The van der Waals surface area contributed by atoms with Crippen molar-refractivity contribution in [1.82, 2.24) is 9.55 Å². The SMILES string of the molecule is Cn1cncc1CS(=O)(=O)Cl. The van der Waals surface area contributed by atoms with Gasteiger partial charge in [0.25, 0.3) is 0 Å². The highest BCUT2D eigenvalue weighted by Crippen LogP contribution is 2.07. The lowest BCUT2D eigenvalue weighted by molar-refractivity contribution is 0.607. The van der Waals surface area contributed by atoms with Gasteiger partial charge in [-0.25, -0.2) is 13.4 Å². The molecule has 0 bridgehead atoms. The van der Waals surface area contributed by atoms with Gasteiger partial charge in [0.05, 0.1) is 12.0 Å². The molecule has 6 heteroatoms. The van der Waals surface area contributed by atoms with Gasteiger partial charge in [-0.3, -0.25) is 0 Å². The third-order valence-electron chi connectivity index (χ3n) is 1.24. The minimum atomic E-state index is -3.46. The van der Waals surface area contributed by atoms with E-state index in [0.717, 1.165) is 0 Å². The molecule has 1 rings (SSSR count). The average molecular weight is 195 g/mol. The monoisotopic (exact) mass is 194 g/mol. The van der Waals surface area contributed by atoms with Crippen LogP contribution in [0.3, 0.4) is 0 Å². The Morgan fingerprint density at radius 2 is 2.36 bits per heavy atom. The van der Waals surface area contributed by atoms with E-state index >= 15 is 0 Å². The summed E-state index contributed by atoms with van der Waals surface area (Å²) < 4.78 is 22.8. The Kier molecular flexibility index (Phi) is 2.20.